The van der Waals surface area contributed by atoms with Crippen LogP contribution in [0, 0.1) is 0 Å². The SMILES string of the molecule is C=C/C=C\C(=C1/CN=C(c2cncc(S(N)(=O)=O)c2)NC1=NCc1cccc(OC)n1)c1ccccc1. The van der Waals surface area contributed by atoms with Crippen LogP contribution in [-0.4, -0.2) is 43.7 Å². The predicted octanol–water partition coefficient (Wildman–Crippen LogP) is 3.28. The Bertz CT molecular complexity index is 1530. The second-order valence-corrected chi connectivity index (χ2v) is 9.49. The summed E-state index contributed by atoms with van der Waals surface area (Å²) in [6, 6.07) is 16.8. The summed E-state index contributed by atoms with van der Waals surface area (Å²) in [7, 11) is -2.36. The Balaban J connectivity index is 1.82. The Labute approximate surface area is 215 Å². The molecule has 3 N–H and O–H groups in total. The molecule has 10 heteroatoms. The Morgan fingerprint density at radius 3 is 2.73 bits per heavy atom. The molecule has 1 aliphatic rings. The maximum atomic E-state index is 11.9. The van der Waals surface area contributed by atoms with Gasteiger partial charge in [-0.05, 0) is 23.3 Å². The Kier molecular flexibility index (Phi) is 8.02. The number of benzene rings is 1. The monoisotopic (exact) mass is 514 g/mol. The highest BCUT2D eigenvalue weighted by Crippen LogP contribution is 2.24. The first-order valence-corrected chi connectivity index (χ1v) is 12.9. The van der Waals surface area contributed by atoms with E-state index in [4.69, 9.17) is 14.9 Å². The van der Waals surface area contributed by atoms with E-state index >= 15 is 0 Å². The smallest absolute Gasteiger partial charge is 0.239 e. The summed E-state index contributed by atoms with van der Waals surface area (Å²) in [5.74, 6) is 1.50. The number of amidine groups is 2. The molecule has 0 aliphatic carbocycles. The number of nitrogens with two attached hydrogens (primary N) is 1. The molecular formula is C27H26N6O3S. The van der Waals surface area contributed by atoms with Crippen LogP contribution in [0.5, 0.6) is 5.88 Å². The summed E-state index contributed by atoms with van der Waals surface area (Å²) in [5, 5.41) is 8.57. The van der Waals surface area contributed by atoms with Crippen molar-refractivity contribution < 1.29 is 13.2 Å². The average Bonchev–Trinajstić information content (AvgIpc) is 2.93. The first-order valence-electron chi connectivity index (χ1n) is 11.3. The summed E-state index contributed by atoms with van der Waals surface area (Å²) < 4.78 is 28.9. The second kappa shape index (κ2) is 11.5. The molecule has 188 valence electrons. The highest BCUT2D eigenvalue weighted by atomic mass is 32.2. The van der Waals surface area contributed by atoms with Crippen LogP contribution in [0.25, 0.3) is 5.57 Å². The summed E-state index contributed by atoms with van der Waals surface area (Å²) >= 11 is 0. The van der Waals surface area contributed by atoms with E-state index in [1.807, 2.05) is 54.6 Å². The molecule has 0 radical (unpaired) electrons. The van der Waals surface area contributed by atoms with E-state index in [1.165, 1.54) is 18.5 Å². The molecule has 0 saturated carbocycles. The number of pyridine rings is 2. The largest absolute Gasteiger partial charge is 0.481 e. The summed E-state index contributed by atoms with van der Waals surface area (Å²) in [6.07, 6.45) is 8.24. The maximum Gasteiger partial charge on any atom is 0.239 e. The molecule has 0 saturated heterocycles. The number of methoxy groups -OCH3 is 1. The lowest BCUT2D eigenvalue weighted by molar-refractivity contribution is 0.396. The first kappa shape index (κ1) is 25.7. The van der Waals surface area contributed by atoms with Crippen LogP contribution >= 0.6 is 0 Å². The average molecular weight is 515 g/mol. The topological polar surface area (TPSA) is 132 Å². The highest BCUT2D eigenvalue weighted by molar-refractivity contribution is 7.89. The van der Waals surface area contributed by atoms with Crippen LogP contribution in [0.4, 0.5) is 0 Å². The molecule has 0 spiro atoms. The summed E-state index contributed by atoms with van der Waals surface area (Å²) in [4.78, 5) is 17.9. The number of primary sulfonamides is 1. The number of ether oxygens (including phenoxy) is 1. The Hall–Kier alpha value is -4.41. The van der Waals surface area contributed by atoms with Gasteiger partial charge in [0.25, 0.3) is 0 Å². The van der Waals surface area contributed by atoms with Crippen LogP contribution in [-0.2, 0) is 16.6 Å². The van der Waals surface area contributed by atoms with Gasteiger partial charge < -0.3 is 10.1 Å². The number of aliphatic imine (C=N–C) groups is 2. The number of nitrogens with one attached hydrogen (secondary N) is 1. The number of rotatable bonds is 8. The van der Waals surface area contributed by atoms with E-state index in [-0.39, 0.29) is 18.0 Å². The van der Waals surface area contributed by atoms with Gasteiger partial charge >= 0.3 is 0 Å². The molecule has 0 atom stereocenters. The molecule has 0 bridgehead atoms. The summed E-state index contributed by atoms with van der Waals surface area (Å²) in [5.41, 5.74) is 3.95. The van der Waals surface area contributed by atoms with Crippen molar-refractivity contribution in [3.63, 3.8) is 0 Å². The maximum absolute atomic E-state index is 11.9. The van der Waals surface area contributed by atoms with Gasteiger partial charge in [-0.3, -0.25) is 15.0 Å². The molecule has 3 heterocycles. The lowest BCUT2D eigenvalue weighted by atomic mass is 9.97. The molecule has 37 heavy (non-hydrogen) atoms. The molecule has 4 rings (SSSR count). The molecule has 2 aromatic heterocycles. The second-order valence-electron chi connectivity index (χ2n) is 7.93. The van der Waals surface area contributed by atoms with Crippen molar-refractivity contribution in [2.24, 2.45) is 15.1 Å². The van der Waals surface area contributed by atoms with E-state index in [0.717, 1.165) is 22.4 Å². The molecule has 0 amide bonds. The van der Waals surface area contributed by atoms with E-state index < -0.39 is 10.0 Å². The van der Waals surface area contributed by atoms with E-state index in [0.29, 0.717) is 23.1 Å². The van der Waals surface area contributed by atoms with Crippen molar-refractivity contribution in [3.8, 4) is 5.88 Å². The lowest BCUT2D eigenvalue weighted by Gasteiger charge is -2.22. The van der Waals surface area contributed by atoms with Crippen LogP contribution in [0.2, 0.25) is 0 Å². The first-order chi connectivity index (χ1) is 17.9. The van der Waals surface area contributed by atoms with Crippen LogP contribution < -0.4 is 15.2 Å². The minimum atomic E-state index is -3.92. The quantitative estimate of drug-likeness (QED) is 0.444. The standard InChI is InChI=1S/C27H26N6O3S/c1-3-4-12-23(19-9-6-5-7-10-19)24-18-31-26(20-14-22(17-29-15-20)37(28,34)35)33-27(24)30-16-21-11-8-13-25(32-21)36-2/h3-15,17H,1,16,18H2,2H3,(H2,28,34,35)(H,30,31,33)/b12-4-,24-23-. The third-order valence-electron chi connectivity index (χ3n) is 5.43. The van der Waals surface area contributed by atoms with Crippen molar-refractivity contribution in [1.82, 2.24) is 15.3 Å². The van der Waals surface area contributed by atoms with Gasteiger partial charge in [0.05, 0.1) is 25.9 Å². The van der Waals surface area contributed by atoms with Gasteiger partial charge in [0, 0.05) is 29.6 Å². The van der Waals surface area contributed by atoms with Crippen LogP contribution in [0.15, 0.2) is 112 Å². The lowest BCUT2D eigenvalue weighted by Crippen LogP contribution is -2.38. The van der Waals surface area contributed by atoms with Crippen molar-refractivity contribution in [2.75, 3.05) is 13.7 Å². The van der Waals surface area contributed by atoms with Gasteiger partial charge in [-0.15, -0.1) is 0 Å². The van der Waals surface area contributed by atoms with Crippen molar-refractivity contribution in [1.29, 1.82) is 0 Å². The van der Waals surface area contributed by atoms with Gasteiger partial charge in [-0.25, -0.2) is 18.5 Å². The fourth-order valence-electron chi connectivity index (χ4n) is 3.65. The number of aromatic nitrogens is 2. The third-order valence-corrected chi connectivity index (χ3v) is 6.31. The Morgan fingerprint density at radius 1 is 1.19 bits per heavy atom. The van der Waals surface area contributed by atoms with Gasteiger partial charge in [-0.2, -0.15) is 0 Å². The molecule has 9 nitrogen and oxygen atoms in total. The predicted molar refractivity (Wildman–Crippen MR) is 145 cm³/mol. The Morgan fingerprint density at radius 2 is 2.00 bits per heavy atom. The molecule has 3 aromatic rings. The van der Waals surface area contributed by atoms with E-state index in [2.05, 4.69) is 26.9 Å². The van der Waals surface area contributed by atoms with Crippen molar-refractivity contribution in [2.45, 2.75) is 11.4 Å². The number of hydrogen-bond donors (Lipinski definition) is 2. The molecular weight excluding hydrogens is 488 g/mol. The zero-order valence-electron chi connectivity index (χ0n) is 20.2. The zero-order valence-corrected chi connectivity index (χ0v) is 21.0. The van der Waals surface area contributed by atoms with Gasteiger partial charge in [0.1, 0.15) is 16.6 Å². The fraction of sp³-hybridized carbons (Fsp3) is 0.111. The molecule has 0 unspecified atom stereocenters. The normalized spacial score (nSPS) is 16.3. The minimum absolute atomic E-state index is 0.103. The molecule has 1 aromatic carbocycles. The van der Waals surface area contributed by atoms with Crippen LogP contribution in [0.3, 0.4) is 0 Å². The summed E-state index contributed by atoms with van der Waals surface area (Å²) in [6.45, 7) is 4.36. The fourth-order valence-corrected chi connectivity index (χ4v) is 4.15. The van der Waals surface area contributed by atoms with Crippen molar-refractivity contribution in [3.05, 3.63) is 114 Å². The number of hydrogen-bond acceptors (Lipinski definition) is 7. The number of nitrogens with zero attached hydrogens (tertiary/aromatic N) is 4. The zero-order chi connectivity index (χ0) is 26.3. The highest BCUT2D eigenvalue weighted by Gasteiger charge is 2.22. The molecule has 0 fully saturated rings. The minimum Gasteiger partial charge on any atom is -0.481 e. The third kappa shape index (κ3) is 6.43. The van der Waals surface area contributed by atoms with Crippen molar-refractivity contribution >= 4 is 27.3 Å². The molecule has 1 aliphatic heterocycles. The van der Waals surface area contributed by atoms with Crippen LogP contribution in [0.1, 0.15) is 16.8 Å². The van der Waals surface area contributed by atoms with E-state index in [9.17, 15) is 8.42 Å². The van der Waals surface area contributed by atoms with Gasteiger partial charge in [0.15, 0.2) is 0 Å². The van der Waals surface area contributed by atoms with Gasteiger partial charge in [0.2, 0.25) is 15.9 Å². The number of allylic oxidation sites excluding steroid dienone is 4. The van der Waals surface area contributed by atoms with Gasteiger partial charge in [-0.1, -0.05) is 61.2 Å². The van der Waals surface area contributed by atoms with E-state index in [1.54, 1.807) is 19.3 Å². The number of sulfonamides is 1.